The van der Waals surface area contributed by atoms with E-state index in [0.717, 1.165) is 6.16 Å². The van der Waals surface area contributed by atoms with E-state index in [2.05, 4.69) is 72.1 Å². The molecule has 0 aliphatic rings. The second-order valence-corrected chi connectivity index (χ2v) is 15.7. The number of rotatable bonds is 7. The van der Waals surface area contributed by atoms with E-state index in [1.807, 2.05) is 0 Å². The van der Waals surface area contributed by atoms with Crippen molar-refractivity contribution in [3.8, 4) is 0 Å². The Kier molecular flexibility index (Phi) is 5.41. The molecular weight excluding hydrogens is 291 g/mol. The summed E-state index contributed by atoms with van der Waals surface area (Å²) in [6.07, 6.45) is 6.16. The molecule has 0 N–H and O–H groups in total. The molecule has 0 bridgehead atoms. The third-order valence-corrected chi connectivity index (χ3v) is 12.7. The molecule has 0 amide bonds. The second kappa shape index (κ2) is 6.16. The quantitative estimate of drug-likeness (QED) is 0.540. The summed E-state index contributed by atoms with van der Waals surface area (Å²) < 4.78 is 0. The van der Waals surface area contributed by atoms with Crippen LogP contribution in [0.3, 0.4) is 0 Å². The Morgan fingerprint density at radius 1 is 1.24 bits per heavy atom. The van der Waals surface area contributed by atoms with Gasteiger partial charge in [-0.1, -0.05) is 0 Å². The van der Waals surface area contributed by atoms with Crippen molar-refractivity contribution in [1.82, 2.24) is 0 Å². The van der Waals surface area contributed by atoms with Crippen molar-refractivity contribution >= 4 is 20.8 Å². The molecule has 0 heterocycles. The second-order valence-electron chi connectivity index (χ2n) is 4.89. The number of halogens is 1. The maximum absolute atomic E-state index is 4.14. The minimum absolute atomic E-state index is 1.15. The molecule has 96 valence electrons. The summed E-state index contributed by atoms with van der Waals surface area (Å²) in [7, 11) is 0. The maximum atomic E-state index is 4.14. The van der Waals surface area contributed by atoms with Gasteiger partial charge in [-0.25, -0.2) is 0 Å². The van der Waals surface area contributed by atoms with Crippen LogP contribution in [0.2, 0.25) is 0 Å². The normalized spacial score (nSPS) is 13.9. The van der Waals surface area contributed by atoms with Gasteiger partial charge in [0.25, 0.3) is 0 Å². The van der Waals surface area contributed by atoms with Crippen LogP contribution >= 0.6 is 20.8 Å². The van der Waals surface area contributed by atoms with E-state index in [1.54, 1.807) is 0 Å². The molecule has 0 spiro atoms. The average Bonchev–Trinajstić information content (AvgIpc) is 2.38. The number of unbranched alkanes of at least 4 members (excludes halogenated alkanes) is 1. The molecule has 0 aliphatic heterocycles. The van der Waals surface area contributed by atoms with Crippen molar-refractivity contribution in [2.45, 2.75) is 32.9 Å². The summed E-state index contributed by atoms with van der Waals surface area (Å²) in [6, 6.07) is 10.8. The molecule has 0 radical (unpaired) electrons. The minimum atomic E-state index is -1.91. The van der Waals surface area contributed by atoms with Crippen molar-refractivity contribution in [3.05, 3.63) is 48.3 Å². The van der Waals surface area contributed by atoms with E-state index in [0.29, 0.717) is 0 Å². The van der Waals surface area contributed by atoms with Gasteiger partial charge in [0.15, 0.2) is 0 Å². The molecule has 0 aromatic heterocycles. The summed E-state index contributed by atoms with van der Waals surface area (Å²) in [4.78, 5) is 0. The van der Waals surface area contributed by atoms with Crippen LogP contribution in [0.5, 0.6) is 0 Å². The standard InChI is InChI=1S/C15H24BrP/c1-4-7-13-17(16,5-2,6-3)14-15-11-9-8-10-12-15/h5,8-12H,2,4,6-7,13-14H2,1,3H3. The Labute approximate surface area is 114 Å². The Morgan fingerprint density at radius 3 is 2.35 bits per heavy atom. The first-order chi connectivity index (χ1) is 8.06. The average molecular weight is 315 g/mol. The third kappa shape index (κ3) is 3.93. The molecule has 0 atom stereocenters. The first-order valence-corrected chi connectivity index (χ1v) is 11.3. The van der Waals surface area contributed by atoms with E-state index < -0.39 is 5.31 Å². The van der Waals surface area contributed by atoms with Crippen LogP contribution in [0.25, 0.3) is 0 Å². The van der Waals surface area contributed by atoms with Crippen LogP contribution in [-0.4, -0.2) is 12.3 Å². The monoisotopic (exact) mass is 314 g/mol. The van der Waals surface area contributed by atoms with Gasteiger partial charge in [0.1, 0.15) is 0 Å². The zero-order chi connectivity index (χ0) is 12.8. The van der Waals surface area contributed by atoms with Crippen molar-refractivity contribution in [2.75, 3.05) is 12.3 Å². The van der Waals surface area contributed by atoms with E-state index >= 15 is 0 Å². The van der Waals surface area contributed by atoms with Gasteiger partial charge in [0.2, 0.25) is 0 Å². The molecule has 0 fully saturated rings. The van der Waals surface area contributed by atoms with Gasteiger partial charge in [-0.3, -0.25) is 0 Å². The molecule has 1 rings (SSSR count). The van der Waals surface area contributed by atoms with E-state index in [4.69, 9.17) is 0 Å². The van der Waals surface area contributed by atoms with Crippen molar-refractivity contribution in [1.29, 1.82) is 0 Å². The van der Waals surface area contributed by atoms with Crippen molar-refractivity contribution in [3.63, 3.8) is 0 Å². The Balaban J connectivity index is 2.95. The summed E-state index contributed by atoms with van der Waals surface area (Å²) in [5, 5.41) is -1.91. The van der Waals surface area contributed by atoms with Gasteiger partial charge in [-0.05, 0) is 0 Å². The van der Waals surface area contributed by atoms with Crippen LogP contribution in [0.15, 0.2) is 42.7 Å². The fourth-order valence-electron chi connectivity index (χ4n) is 2.18. The predicted octanol–water partition coefficient (Wildman–Crippen LogP) is 6.01. The molecule has 2 heteroatoms. The van der Waals surface area contributed by atoms with Crippen LogP contribution in [0.1, 0.15) is 32.3 Å². The molecule has 0 saturated carbocycles. The zero-order valence-electron chi connectivity index (χ0n) is 11.0. The third-order valence-electron chi connectivity index (χ3n) is 3.65. The molecule has 17 heavy (non-hydrogen) atoms. The van der Waals surface area contributed by atoms with Gasteiger partial charge in [0.05, 0.1) is 0 Å². The molecule has 1 aromatic rings. The van der Waals surface area contributed by atoms with Crippen LogP contribution in [-0.2, 0) is 6.16 Å². The number of hydrogen-bond donors (Lipinski definition) is 0. The summed E-state index contributed by atoms with van der Waals surface area (Å²) in [5.41, 5.74) is 1.43. The zero-order valence-corrected chi connectivity index (χ0v) is 13.5. The van der Waals surface area contributed by atoms with E-state index in [9.17, 15) is 0 Å². The van der Waals surface area contributed by atoms with Gasteiger partial charge < -0.3 is 0 Å². The Hall–Kier alpha value is -0.130. The van der Waals surface area contributed by atoms with Gasteiger partial charge >= 0.3 is 114 Å². The number of benzene rings is 1. The van der Waals surface area contributed by atoms with E-state index in [-0.39, 0.29) is 0 Å². The first kappa shape index (κ1) is 14.9. The Morgan fingerprint density at radius 2 is 1.88 bits per heavy atom. The summed E-state index contributed by atoms with van der Waals surface area (Å²) in [6.45, 7) is 8.69. The fourth-order valence-corrected chi connectivity index (χ4v) is 7.21. The molecule has 0 nitrogen and oxygen atoms in total. The summed E-state index contributed by atoms with van der Waals surface area (Å²) in [5.74, 6) is 2.24. The van der Waals surface area contributed by atoms with Crippen LogP contribution in [0.4, 0.5) is 0 Å². The van der Waals surface area contributed by atoms with E-state index in [1.165, 1.54) is 30.7 Å². The molecule has 1 aromatic carbocycles. The SMILES string of the molecule is C=CP(Br)(CC)(CCCC)Cc1ccccc1. The van der Waals surface area contributed by atoms with Gasteiger partial charge in [-0.15, -0.1) is 0 Å². The number of hydrogen-bond acceptors (Lipinski definition) is 0. The summed E-state index contributed by atoms with van der Waals surface area (Å²) >= 11 is 4.14. The predicted molar refractivity (Wildman–Crippen MR) is 86.5 cm³/mol. The fraction of sp³-hybridized carbons (Fsp3) is 0.467. The van der Waals surface area contributed by atoms with Gasteiger partial charge in [-0.2, -0.15) is 0 Å². The van der Waals surface area contributed by atoms with Crippen LogP contribution < -0.4 is 0 Å². The Bertz CT molecular complexity index is 362. The van der Waals surface area contributed by atoms with Crippen molar-refractivity contribution < 1.29 is 0 Å². The molecular formula is C15H24BrP. The molecule has 0 saturated heterocycles. The molecule has 0 unspecified atom stereocenters. The van der Waals surface area contributed by atoms with Crippen molar-refractivity contribution in [2.24, 2.45) is 0 Å². The first-order valence-electron chi connectivity index (χ1n) is 6.46. The molecule has 0 aliphatic carbocycles. The van der Waals surface area contributed by atoms with Gasteiger partial charge in [0, 0.05) is 0 Å². The topological polar surface area (TPSA) is 0 Å². The van der Waals surface area contributed by atoms with Crippen LogP contribution in [0, 0.1) is 0 Å².